The third kappa shape index (κ3) is 3.12. The summed E-state index contributed by atoms with van der Waals surface area (Å²) >= 11 is 0. The van der Waals surface area contributed by atoms with Crippen LogP contribution in [0, 0.1) is 17.7 Å². The highest BCUT2D eigenvalue weighted by molar-refractivity contribution is 7.90. The highest BCUT2D eigenvalue weighted by Gasteiger charge is 2.26. The summed E-state index contributed by atoms with van der Waals surface area (Å²) in [5.41, 5.74) is 6.21. The van der Waals surface area contributed by atoms with Gasteiger partial charge < -0.3 is 10.6 Å². The highest BCUT2D eigenvalue weighted by atomic mass is 32.2. The first-order valence-corrected chi connectivity index (χ1v) is 8.66. The van der Waals surface area contributed by atoms with E-state index in [0.29, 0.717) is 30.6 Å². The predicted molar refractivity (Wildman–Crippen MR) is 78.0 cm³/mol. The van der Waals surface area contributed by atoms with Gasteiger partial charge in [-0.1, -0.05) is 6.92 Å². The Labute approximate surface area is 119 Å². The minimum atomic E-state index is -3.38. The highest BCUT2D eigenvalue weighted by Crippen LogP contribution is 2.29. The van der Waals surface area contributed by atoms with Gasteiger partial charge in [-0.2, -0.15) is 0 Å². The number of benzene rings is 1. The van der Waals surface area contributed by atoms with Crippen LogP contribution in [-0.2, 0) is 9.84 Å². The van der Waals surface area contributed by atoms with Gasteiger partial charge in [0.2, 0.25) is 0 Å². The number of hydrogen-bond acceptors (Lipinski definition) is 4. The summed E-state index contributed by atoms with van der Waals surface area (Å²) < 4.78 is 37.0. The molecule has 1 aliphatic rings. The molecule has 6 heteroatoms. The number of rotatable bonds is 3. The zero-order valence-electron chi connectivity index (χ0n) is 11.8. The molecule has 112 valence electrons. The maximum absolute atomic E-state index is 14.2. The van der Waals surface area contributed by atoms with Gasteiger partial charge in [-0.3, -0.25) is 0 Å². The van der Waals surface area contributed by atoms with Gasteiger partial charge in [-0.25, -0.2) is 12.8 Å². The molecule has 2 rings (SSSR count). The van der Waals surface area contributed by atoms with E-state index in [4.69, 9.17) is 5.73 Å². The quantitative estimate of drug-likeness (QED) is 0.922. The Kier molecular flexibility index (Phi) is 4.34. The van der Waals surface area contributed by atoms with E-state index in [1.165, 1.54) is 6.07 Å². The van der Waals surface area contributed by atoms with Crippen LogP contribution in [0.2, 0.25) is 0 Å². The van der Waals surface area contributed by atoms with Crippen molar-refractivity contribution >= 4 is 15.5 Å². The summed E-state index contributed by atoms with van der Waals surface area (Å²) in [5, 5.41) is 0. The summed E-state index contributed by atoms with van der Waals surface area (Å²) in [5.74, 6) is 0.394. The molecule has 0 amide bonds. The fourth-order valence-corrected chi connectivity index (χ4v) is 3.28. The van der Waals surface area contributed by atoms with Crippen molar-refractivity contribution in [1.82, 2.24) is 0 Å². The SMILES string of the molecule is CC1CCN(c2ccc(S(C)(=O)=O)cc2F)CC1CN. The Balaban J connectivity index is 2.26. The molecule has 1 aromatic rings. The number of nitrogens with two attached hydrogens (primary N) is 1. The molecule has 4 nitrogen and oxygen atoms in total. The molecular formula is C14H21FN2O2S. The molecule has 0 radical (unpaired) electrons. The van der Waals surface area contributed by atoms with Crippen molar-refractivity contribution in [2.75, 3.05) is 30.8 Å². The third-order valence-corrected chi connectivity index (χ3v) is 5.21. The van der Waals surface area contributed by atoms with E-state index in [2.05, 4.69) is 6.92 Å². The van der Waals surface area contributed by atoms with Crippen molar-refractivity contribution in [3.63, 3.8) is 0 Å². The number of sulfone groups is 1. The molecule has 0 aromatic heterocycles. The Bertz CT molecular complexity index is 589. The van der Waals surface area contributed by atoms with Gasteiger partial charge in [-0.15, -0.1) is 0 Å². The monoisotopic (exact) mass is 300 g/mol. The number of anilines is 1. The molecule has 0 aliphatic carbocycles. The fraction of sp³-hybridized carbons (Fsp3) is 0.571. The first-order valence-electron chi connectivity index (χ1n) is 6.77. The molecule has 1 saturated heterocycles. The first kappa shape index (κ1) is 15.3. The van der Waals surface area contributed by atoms with E-state index in [9.17, 15) is 12.8 Å². The topological polar surface area (TPSA) is 63.4 Å². The molecule has 1 aromatic carbocycles. The second kappa shape index (κ2) is 5.69. The van der Waals surface area contributed by atoms with Crippen molar-refractivity contribution < 1.29 is 12.8 Å². The van der Waals surface area contributed by atoms with E-state index >= 15 is 0 Å². The summed E-state index contributed by atoms with van der Waals surface area (Å²) in [4.78, 5) is 1.97. The maximum Gasteiger partial charge on any atom is 0.175 e. The largest absolute Gasteiger partial charge is 0.369 e. The van der Waals surface area contributed by atoms with Crippen LogP contribution in [0.15, 0.2) is 23.1 Å². The van der Waals surface area contributed by atoms with Crippen molar-refractivity contribution in [2.24, 2.45) is 17.6 Å². The minimum absolute atomic E-state index is 0.0134. The molecule has 2 atom stereocenters. The summed E-state index contributed by atoms with van der Waals surface area (Å²) in [6.45, 7) is 4.23. The van der Waals surface area contributed by atoms with Crippen molar-refractivity contribution in [1.29, 1.82) is 0 Å². The van der Waals surface area contributed by atoms with Crippen molar-refractivity contribution in [3.05, 3.63) is 24.0 Å². The zero-order valence-corrected chi connectivity index (χ0v) is 12.7. The van der Waals surface area contributed by atoms with Gasteiger partial charge in [0, 0.05) is 19.3 Å². The lowest BCUT2D eigenvalue weighted by molar-refractivity contribution is 0.306. The van der Waals surface area contributed by atoms with Crippen molar-refractivity contribution in [2.45, 2.75) is 18.2 Å². The molecule has 2 N–H and O–H groups in total. The van der Waals surface area contributed by atoms with Crippen molar-refractivity contribution in [3.8, 4) is 0 Å². The number of halogens is 1. The Morgan fingerprint density at radius 2 is 2.15 bits per heavy atom. The number of piperidine rings is 1. The Morgan fingerprint density at radius 1 is 1.45 bits per heavy atom. The van der Waals surface area contributed by atoms with E-state index in [1.54, 1.807) is 6.07 Å². The smallest absolute Gasteiger partial charge is 0.175 e. The van der Waals surface area contributed by atoms with Crippen LogP contribution in [0.5, 0.6) is 0 Å². The molecule has 1 aliphatic heterocycles. The maximum atomic E-state index is 14.2. The predicted octanol–water partition coefficient (Wildman–Crippen LogP) is 1.65. The van der Waals surface area contributed by atoms with Crippen LogP contribution in [0.1, 0.15) is 13.3 Å². The van der Waals surface area contributed by atoms with Gasteiger partial charge in [0.1, 0.15) is 5.82 Å². The third-order valence-electron chi connectivity index (χ3n) is 4.10. The average molecular weight is 300 g/mol. The van der Waals surface area contributed by atoms with Gasteiger partial charge >= 0.3 is 0 Å². The normalized spacial score (nSPS) is 23.9. The molecule has 0 saturated carbocycles. The van der Waals surface area contributed by atoms with E-state index in [0.717, 1.165) is 25.3 Å². The lowest BCUT2D eigenvalue weighted by atomic mass is 9.87. The average Bonchev–Trinajstić information content (AvgIpc) is 2.38. The van der Waals surface area contributed by atoms with Crippen LogP contribution in [0.4, 0.5) is 10.1 Å². The van der Waals surface area contributed by atoms with E-state index in [-0.39, 0.29) is 4.90 Å². The fourth-order valence-electron chi connectivity index (χ4n) is 2.65. The standard InChI is InChI=1S/C14H21FN2O2S/c1-10-5-6-17(9-11(10)8-16)14-4-3-12(7-13(14)15)20(2,18)19/h3-4,7,10-11H,5-6,8-9,16H2,1-2H3. The van der Waals surface area contributed by atoms with Gasteiger partial charge in [0.25, 0.3) is 0 Å². The minimum Gasteiger partial charge on any atom is -0.369 e. The number of hydrogen-bond donors (Lipinski definition) is 1. The number of nitrogens with zero attached hydrogens (tertiary/aromatic N) is 1. The summed E-state index contributed by atoms with van der Waals surface area (Å²) in [6.07, 6.45) is 2.05. The van der Waals surface area contributed by atoms with Crippen LogP contribution in [0.25, 0.3) is 0 Å². The van der Waals surface area contributed by atoms with Gasteiger partial charge in [-0.05, 0) is 43.0 Å². The lowest BCUT2D eigenvalue weighted by Gasteiger charge is -2.38. The Morgan fingerprint density at radius 3 is 2.70 bits per heavy atom. The van der Waals surface area contributed by atoms with Crippen LogP contribution in [-0.4, -0.2) is 34.3 Å². The molecule has 0 spiro atoms. The first-order chi connectivity index (χ1) is 9.32. The summed E-state index contributed by atoms with van der Waals surface area (Å²) in [7, 11) is -3.38. The van der Waals surface area contributed by atoms with E-state index in [1.807, 2.05) is 4.90 Å². The van der Waals surface area contributed by atoms with Gasteiger partial charge in [0.15, 0.2) is 9.84 Å². The van der Waals surface area contributed by atoms with Crippen LogP contribution >= 0.6 is 0 Å². The molecule has 2 unspecified atom stereocenters. The Hall–Kier alpha value is -1.14. The molecule has 20 heavy (non-hydrogen) atoms. The van der Waals surface area contributed by atoms with Crippen LogP contribution < -0.4 is 10.6 Å². The van der Waals surface area contributed by atoms with Gasteiger partial charge in [0.05, 0.1) is 10.6 Å². The molecule has 0 bridgehead atoms. The van der Waals surface area contributed by atoms with E-state index < -0.39 is 15.7 Å². The van der Waals surface area contributed by atoms with Crippen LogP contribution in [0.3, 0.4) is 0 Å². The summed E-state index contributed by atoms with van der Waals surface area (Å²) in [6, 6.07) is 4.11. The lowest BCUT2D eigenvalue weighted by Crippen LogP contribution is -2.43. The molecule has 1 fully saturated rings. The molecular weight excluding hydrogens is 279 g/mol. The zero-order chi connectivity index (χ0) is 14.9. The second-order valence-electron chi connectivity index (χ2n) is 5.59. The second-order valence-corrected chi connectivity index (χ2v) is 7.61. The molecule has 1 heterocycles.